The quantitative estimate of drug-likeness (QED) is 0.617. The van der Waals surface area contributed by atoms with Crippen molar-refractivity contribution in [3.63, 3.8) is 0 Å². The smallest absolute Gasteiger partial charge is 0.277 e. The van der Waals surface area contributed by atoms with Crippen LogP contribution in [0.15, 0.2) is 23.6 Å². The van der Waals surface area contributed by atoms with E-state index >= 15 is 0 Å². The number of nitro groups is 1. The molecule has 0 saturated heterocycles. The highest BCUT2D eigenvalue weighted by atomic mass is 16.7. The van der Waals surface area contributed by atoms with Gasteiger partial charge in [-0.25, -0.2) is 0 Å². The third-order valence-corrected chi connectivity index (χ3v) is 4.16. The molecule has 2 aliphatic rings. The summed E-state index contributed by atoms with van der Waals surface area (Å²) in [5, 5.41) is 27.9. The predicted octanol–water partition coefficient (Wildman–Crippen LogP) is 1.57. The first-order valence-electron chi connectivity index (χ1n) is 7.21. The zero-order chi connectivity index (χ0) is 17.7. The van der Waals surface area contributed by atoms with Crippen LogP contribution >= 0.6 is 0 Å². The van der Waals surface area contributed by atoms with Gasteiger partial charge in [0.05, 0.1) is 16.9 Å². The SMILES string of the molecule is Cc1[nH]nc2c1[C@H](c1cc3c(cc1[N+](=O)[O-])OCO3)C(C#N)=C(N)O2. The second-order valence-corrected chi connectivity index (χ2v) is 5.51. The number of hydrogen-bond acceptors (Lipinski definition) is 8. The van der Waals surface area contributed by atoms with Gasteiger partial charge in [0.2, 0.25) is 18.6 Å². The molecule has 3 N–H and O–H groups in total. The molecule has 2 aliphatic heterocycles. The molecule has 0 saturated carbocycles. The summed E-state index contributed by atoms with van der Waals surface area (Å²) in [5.41, 5.74) is 7.09. The molecule has 4 rings (SSSR count). The number of allylic oxidation sites excluding steroid dienone is 1. The Bertz CT molecular complexity index is 987. The average Bonchev–Trinajstić information content (AvgIpc) is 3.18. The first kappa shape index (κ1) is 14.8. The van der Waals surface area contributed by atoms with Crippen molar-refractivity contribution in [1.82, 2.24) is 10.2 Å². The van der Waals surface area contributed by atoms with Crippen LogP contribution < -0.4 is 19.9 Å². The molecule has 10 heteroatoms. The van der Waals surface area contributed by atoms with E-state index in [9.17, 15) is 15.4 Å². The predicted molar refractivity (Wildman–Crippen MR) is 81.8 cm³/mol. The number of nitro benzene ring substituents is 1. The number of fused-ring (bicyclic) bond motifs is 2. The fourth-order valence-corrected chi connectivity index (χ4v) is 3.05. The van der Waals surface area contributed by atoms with Crippen LogP contribution in [0.5, 0.6) is 17.4 Å². The summed E-state index contributed by atoms with van der Waals surface area (Å²) in [4.78, 5) is 11.1. The second kappa shape index (κ2) is 5.13. The van der Waals surface area contributed by atoms with Crippen molar-refractivity contribution in [3.05, 3.63) is 50.5 Å². The summed E-state index contributed by atoms with van der Waals surface area (Å²) in [6, 6.07) is 4.77. The minimum Gasteiger partial charge on any atom is -0.454 e. The largest absolute Gasteiger partial charge is 0.454 e. The lowest BCUT2D eigenvalue weighted by molar-refractivity contribution is -0.385. The van der Waals surface area contributed by atoms with Crippen molar-refractivity contribution in [2.24, 2.45) is 5.73 Å². The van der Waals surface area contributed by atoms with Crippen LogP contribution in [0, 0.1) is 28.4 Å². The number of nitrogens with two attached hydrogens (primary N) is 1. The fourth-order valence-electron chi connectivity index (χ4n) is 3.05. The Kier molecular flexibility index (Phi) is 3.04. The van der Waals surface area contributed by atoms with E-state index in [2.05, 4.69) is 10.2 Å². The van der Waals surface area contributed by atoms with Gasteiger partial charge in [-0.1, -0.05) is 0 Å². The van der Waals surface area contributed by atoms with Crippen molar-refractivity contribution in [2.75, 3.05) is 6.79 Å². The molecule has 0 spiro atoms. The highest BCUT2D eigenvalue weighted by Crippen LogP contribution is 2.48. The third kappa shape index (κ3) is 2.06. The van der Waals surface area contributed by atoms with Gasteiger partial charge in [0.15, 0.2) is 11.5 Å². The van der Waals surface area contributed by atoms with Crippen LogP contribution in [-0.2, 0) is 0 Å². The van der Waals surface area contributed by atoms with E-state index in [1.807, 2.05) is 6.07 Å². The molecule has 10 nitrogen and oxygen atoms in total. The molecule has 0 bridgehead atoms. The Morgan fingerprint density at radius 3 is 2.84 bits per heavy atom. The molecule has 3 heterocycles. The number of hydrogen-bond donors (Lipinski definition) is 2. The summed E-state index contributed by atoms with van der Waals surface area (Å²) in [6.07, 6.45) is 0. The van der Waals surface area contributed by atoms with Crippen molar-refractivity contribution < 1.29 is 19.1 Å². The van der Waals surface area contributed by atoms with Gasteiger partial charge in [0.25, 0.3) is 5.69 Å². The van der Waals surface area contributed by atoms with Crippen molar-refractivity contribution in [3.8, 4) is 23.4 Å². The number of rotatable bonds is 2. The number of nitrogens with one attached hydrogen (secondary N) is 1. The van der Waals surface area contributed by atoms with Crippen LogP contribution in [-0.4, -0.2) is 21.9 Å². The van der Waals surface area contributed by atoms with Crippen LogP contribution in [0.1, 0.15) is 22.7 Å². The molecule has 1 atom stereocenters. The minimum absolute atomic E-state index is 0.0250. The normalized spacial score (nSPS) is 17.7. The number of ether oxygens (including phenoxy) is 3. The first-order chi connectivity index (χ1) is 12.0. The summed E-state index contributed by atoms with van der Waals surface area (Å²) in [5.74, 6) is -0.111. The van der Waals surface area contributed by atoms with Gasteiger partial charge in [-0.3, -0.25) is 15.2 Å². The zero-order valence-corrected chi connectivity index (χ0v) is 12.9. The summed E-state index contributed by atoms with van der Waals surface area (Å²) >= 11 is 0. The topological polar surface area (TPSA) is 149 Å². The molecule has 0 fully saturated rings. The molecular weight excluding hydrogens is 330 g/mol. The number of aromatic amines is 1. The zero-order valence-electron chi connectivity index (χ0n) is 12.9. The van der Waals surface area contributed by atoms with Gasteiger partial charge in [0.1, 0.15) is 11.6 Å². The van der Waals surface area contributed by atoms with E-state index in [0.29, 0.717) is 17.0 Å². The standard InChI is InChI=1S/C15H11N5O5/c1-6-12-13(8(4-16)14(17)25-15(12)19-18-6)7-2-10-11(24-5-23-10)3-9(7)20(21)22/h2-3,13H,5,17H2,1H3,(H,18,19)/t13-/m1/s1. The third-order valence-electron chi connectivity index (χ3n) is 4.16. The van der Waals surface area contributed by atoms with Crippen LogP contribution in [0.2, 0.25) is 0 Å². The summed E-state index contributed by atoms with van der Waals surface area (Å²) in [6.45, 7) is 1.71. The molecule has 0 radical (unpaired) electrons. The minimum atomic E-state index is -0.803. The van der Waals surface area contributed by atoms with E-state index in [1.54, 1.807) is 6.92 Å². The van der Waals surface area contributed by atoms with E-state index in [-0.39, 0.29) is 41.1 Å². The molecule has 25 heavy (non-hydrogen) atoms. The Morgan fingerprint density at radius 2 is 2.16 bits per heavy atom. The highest BCUT2D eigenvalue weighted by molar-refractivity contribution is 5.64. The number of H-pyrrole nitrogens is 1. The summed E-state index contributed by atoms with van der Waals surface area (Å²) < 4.78 is 15.9. The molecule has 2 aromatic rings. The molecule has 0 unspecified atom stereocenters. The first-order valence-corrected chi connectivity index (χ1v) is 7.21. The molecule has 126 valence electrons. The summed E-state index contributed by atoms with van der Waals surface area (Å²) in [7, 11) is 0. The Labute approximate surface area is 140 Å². The molecule has 0 amide bonds. The maximum atomic E-state index is 11.6. The van der Waals surface area contributed by atoms with Gasteiger partial charge in [-0.2, -0.15) is 5.26 Å². The van der Waals surface area contributed by atoms with E-state index in [1.165, 1.54) is 12.1 Å². The number of nitriles is 1. The van der Waals surface area contributed by atoms with Gasteiger partial charge in [0, 0.05) is 16.8 Å². The Balaban J connectivity index is 2.02. The molecule has 1 aromatic carbocycles. The highest BCUT2D eigenvalue weighted by Gasteiger charge is 2.39. The van der Waals surface area contributed by atoms with Crippen molar-refractivity contribution in [1.29, 1.82) is 5.26 Å². The van der Waals surface area contributed by atoms with Gasteiger partial charge < -0.3 is 19.9 Å². The lowest BCUT2D eigenvalue weighted by Crippen LogP contribution is -2.21. The van der Waals surface area contributed by atoms with Crippen molar-refractivity contribution >= 4 is 5.69 Å². The number of aromatic nitrogens is 2. The van der Waals surface area contributed by atoms with E-state index in [4.69, 9.17) is 19.9 Å². The molecule has 1 aromatic heterocycles. The van der Waals surface area contributed by atoms with E-state index in [0.717, 1.165) is 0 Å². The van der Waals surface area contributed by atoms with Crippen LogP contribution in [0.4, 0.5) is 5.69 Å². The maximum absolute atomic E-state index is 11.6. The second-order valence-electron chi connectivity index (χ2n) is 5.51. The number of nitrogens with zero attached hydrogens (tertiary/aromatic N) is 3. The van der Waals surface area contributed by atoms with E-state index < -0.39 is 10.8 Å². The monoisotopic (exact) mass is 341 g/mol. The maximum Gasteiger partial charge on any atom is 0.277 e. The van der Waals surface area contributed by atoms with Gasteiger partial charge >= 0.3 is 0 Å². The Morgan fingerprint density at radius 1 is 1.44 bits per heavy atom. The van der Waals surface area contributed by atoms with Crippen LogP contribution in [0.25, 0.3) is 0 Å². The number of aryl methyl sites for hydroxylation is 1. The lowest BCUT2D eigenvalue weighted by atomic mass is 9.83. The Hall–Kier alpha value is -3.74. The molecular formula is C15H11N5O5. The van der Waals surface area contributed by atoms with Gasteiger partial charge in [-0.15, -0.1) is 5.10 Å². The molecule has 0 aliphatic carbocycles. The number of benzene rings is 1. The lowest BCUT2D eigenvalue weighted by Gasteiger charge is -2.23. The fraction of sp³-hybridized carbons (Fsp3) is 0.200. The van der Waals surface area contributed by atoms with Crippen molar-refractivity contribution in [2.45, 2.75) is 12.8 Å². The average molecular weight is 341 g/mol. The van der Waals surface area contributed by atoms with Gasteiger partial charge in [-0.05, 0) is 13.0 Å². The van der Waals surface area contributed by atoms with Crippen LogP contribution in [0.3, 0.4) is 0 Å².